The number of hydrogen-bond acceptors (Lipinski definition) is 6. The van der Waals surface area contributed by atoms with E-state index in [1.807, 2.05) is 50.2 Å². The zero-order valence-corrected chi connectivity index (χ0v) is 15.7. The predicted octanol–water partition coefficient (Wildman–Crippen LogP) is 4.23. The van der Waals surface area contributed by atoms with Gasteiger partial charge in [0, 0.05) is 23.4 Å². The number of ether oxygens (including phenoxy) is 1. The Labute approximate surface area is 160 Å². The summed E-state index contributed by atoms with van der Waals surface area (Å²) in [4.78, 5) is 28.3. The fourth-order valence-electron chi connectivity index (χ4n) is 3.07. The van der Waals surface area contributed by atoms with Crippen molar-refractivity contribution in [2.24, 2.45) is 0 Å². The summed E-state index contributed by atoms with van der Waals surface area (Å²) in [6.45, 7) is 3.95. The first kappa shape index (κ1) is 18.0. The molecule has 4 rings (SSSR count). The lowest BCUT2D eigenvalue weighted by atomic mass is 10.0. The molecule has 0 aliphatic rings. The van der Waals surface area contributed by atoms with Gasteiger partial charge in [0.2, 0.25) is 0 Å². The Morgan fingerprint density at radius 1 is 1.04 bits per heavy atom. The molecule has 28 heavy (non-hydrogen) atoms. The highest BCUT2D eigenvalue weighted by atomic mass is 16.5. The van der Waals surface area contributed by atoms with Crippen molar-refractivity contribution >= 4 is 28.0 Å². The van der Waals surface area contributed by atoms with Gasteiger partial charge < -0.3 is 13.6 Å². The molecule has 0 spiro atoms. The van der Waals surface area contributed by atoms with E-state index in [0.717, 1.165) is 22.0 Å². The van der Waals surface area contributed by atoms with Crippen LogP contribution in [0.25, 0.3) is 22.1 Å². The van der Waals surface area contributed by atoms with E-state index < -0.39 is 5.63 Å². The van der Waals surface area contributed by atoms with Crippen molar-refractivity contribution in [3.8, 4) is 0 Å². The molecule has 6 heteroatoms. The van der Waals surface area contributed by atoms with Crippen LogP contribution in [0.5, 0.6) is 0 Å². The van der Waals surface area contributed by atoms with E-state index >= 15 is 0 Å². The molecule has 0 aliphatic carbocycles. The molecule has 142 valence electrons. The van der Waals surface area contributed by atoms with E-state index in [0.29, 0.717) is 29.0 Å². The summed E-state index contributed by atoms with van der Waals surface area (Å²) in [7, 11) is 0. The van der Waals surface area contributed by atoms with E-state index in [2.05, 4.69) is 4.98 Å². The van der Waals surface area contributed by atoms with Gasteiger partial charge in [-0.1, -0.05) is 12.1 Å². The molecule has 2 aromatic carbocycles. The molecular formula is C22H19NO5. The average Bonchev–Trinajstić information content (AvgIpc) is 3.09. The third-order valence-electron chi connectivity index (χ3n) is 4.71. The van der Waals surface area contributed by atoms with Crippen LogP contribution in [0.1, 0.15) is 29.0 Å². The molecular weight excluding hydrogens is 358 g/mol. The Morgan fingerprint density at radius 3 is 2.64 bits per heavy atom. The fourth-order valence-corrected chi connectivity index (χ4v) is 3.07. The number of carbonyl (C=O) groups excluding carboxylic acids is 1. The average molecular weight is 377 g/mol. The third-order valence-corrected chi connectivity index (χ3v) is 4.71. The molecule has 2 heterocycles. The lowest BCUT2D eigenvalue weighted by Gasteiger charge is -2.09. The van der Waals surface area contributed by atoms with Gasteiger partial charge in [-0.15, -0.1) is 0 Å². The second-order valence-corrected chi connectivity index (χ2v) is 6.76. The molecule has 0 N–H and O–H groups in total. The molecule has 6 nitrogen and oxygen atoms in total. The number of rotatable bonds is 5. The van der Waals surface area contributed by atoms with Gasteiger partial charge in [-0.2, -0.15) is 0 Å². The van der Waals surface area contributed by atoms with Crippen LogP contribution in [0.4, 0.5) is 0 Å². The van der Waals surface area contributed by atoms with Crippen LogP contribution in [0, 0.1) is 13.8 Å². The summed E-state index contributed by atoms with van der Waals surface area (Å²) in [5.41, 5.74) is 4.22. The summed E-state index contributed by atoms with van der Waals surface area (Å²) < 4.78 is 16.2. The number of nitrogens with zero attached hydrogens (tertiary/aromatic N) is 1. The third kappa shape index (κ3) is 3.67. The number of hydrogen-bond donors (Lipinski definition) is 0. The molecule has 0 bridgehead atoms. The smallest absolute Gasteiger partial charge is 0.336 e. The second kappa shape index (κ2) is 7.31. The van der Waals surface area contributed by atoms with Crippen molar-refractivity contribution in [1.29, 1.82) is 0 Å². The number of aromatic nitrogens is 1. The summed E-state index contributed by atoms with van der Waals surface area (Å²) in [5.74, 6) is 0.113. The maximum atomic E-state index is 12.2. The molecule has 0 atom stereocenters. The molecule has 0 amide bonds. The first-order valence-electron chi connectivity index (χ1n) is 9.03. The number of fused-ring (bicyclic) bond motifs is 2. The van der Waals surface area contributed by atoms with Gasteiger partial charge in [0.15, 0.2) is 11.5 Å². The second-order valence-electron chi connectivity index (χ2n) is 6.76. The van der Waals surface area contributed by atoms with E-state index in [1.54, 1.807) is 0 Å². The maximum Gasteiger partial charge on any atom is 0.336 e. The minimum Gasteiger partial charge on any atom is -0.461 e. The van der Waals surface area contributed by atoms with Gasteiger partial charge in [-0.25, -0.2) is 9.78 Å². The van der Waals surface area contributed by atoms with Crippen LogP contribution in [0.15, 0.2) is 56.1 Å². The van der Waals surface area contributed by atoms with Gasteiger partial charge in [-0.3, -0.25) is 4.79 Å². The van der Waals surface area contributed by atoms with Crippen LogP contribution >= 0.6 is 0 Å². The van der Waals surface area contributed by atoms with E-state index in [9.17, 15) is 9.59 Å². The van der Waals surface area contributed by atoms with Crippen molar-refractivity contribution in [2.45, 2.75) is 33.3 Å². The molecule has 0 aliphatic heterocycles. The maximum absolute atomic E-state index is 12.2. The summed E-state index contributed by atoms with van der Waals surface area (Å²) in [6.07, 6.45) is 0.494. The zero-order chi connectivity index (χ0) is 19.7. The quantitative estimate of drug-likeness (QED) is 0.382. The number of aryl methyl sites for hydroxylation is 3. The zero-order valence-electron chi connectivity index (χ0n) is 15.7. The molecule has 0 unspecified atom stereocenters. The van der Waals surface area contributed by atoms with Gasteiger partial charge in [0.05, 0.1) is 6.42 Å². The first-order chi connectivity index (χ1) is 13.5. The van der Waals surface area contributed by atoms with Crippen molar-refractivity contribution < 1.29 is 18.4 Å². The molecule has 0 radical (unpaired) electrons. The number of benzene rings is 2. The van der Waals surface area contributed by atoms with Gasteiger partial charge in [0.1, 0.15) is 17.7 Å². The van der Waals surface area contributed by atoms with E-state index in [1.165, 1.54) is 6.07 Å². The summed E-state index contributed by atoms with van der Waals surface area (Å²) in [5, 5.41) is 0.773. The normalized spacial score (nSPS) is 11.2. The van der Waals surface area contributed by atoms with Gasteiger partial charge in [0.25, 0.3) is 0 Å². The topological polar surface area (TPSA) is 82.5 Å². The largest absolute Gasteiger partial charge is 0.461 e. The monoisotopic (exact) mass is 377 g/mol. The highest BCUT2D eigenvalue weighted by molar-refractivity contribution is 5.82. The minimum atomic E-state index is -0.465. The molecule has 0 fully saturated rings. The standard InChI is InChI=1S/C22H19NO5/c1-13-9-16-15(11-22(25)28-19(16)10-14(13)2)12-26-21(24)8-7-20-23-17-5-3-4-6-18(17)27-20/h3-6,9-11H,7-8,12H2,1-2H3. The summed E-state index contributed by atoms with van der Waals surface area (Å²) in [6, 6.07) is 12.6. The Hall–Kier alpha value is -3.41. The van der Waals surface area contributed by atoms with Gasteiger partial charge >= 0.3 is 11.6 Å². The predicted molar refractivity (Wildman–Crippen MR) is 104 cm³/mol. The van der Waals surface area contributed by atoms with Crippen molar-refractivity contribution in [3.63, 3.8) is 0 Å². The Morgan fingerprint density at radius 2 is 1.82 bits per heavy atom. The van der Waals surface area contributed by atoms with Crippen LogP contribution in [0.2, 0.25) is 0 Å². The highest BCUT2D eigenvalue weighted by Crippen LogP contribution is 2.22. The van der Waals surface area contributed by atoms with Crippen molar-refractivity contribution in [1.82, 2.24) is 4.98 Å². The number of esters is 1. The van der Waals surface area contributed by atoms with Crippen LogP contribution in [-0.2, 0) is 22.6 Å². The van der Waals surface area contributed by atoms with Crippen molar-refractivity contribution in [2.75, 3.05) is 0 Å². The number of para-hydroxylation sites is 2. The van der Waals surface area contributed by atoms with E-state index in [4.69, 9.17) is 13.6 Å². The SMILES string of the molecule is Cc1cc2oc(=O)cc(COC(=O)CCc3nc4ccccc4o3)c2cc1C. The van der Waals surface area contributed by atoms with Crippen LogP contribution < -0.4 is 5.63 Å². The number of oxazole rings is 1. The lowest BCUT2D eigenvalue weighted by molar-refractivity contribution is -0.144. The summed E-state index contributed by atoms with van der Waals surface area (Å²) >= 11 is 0. The lowest BCUT2D eigenvalue weighted by Crippen LogP contribution is -2.08. The molecule has 0 saturated carbocycles. The highest BCUT2D eigenvalue weighted by Gasteiger charge is 2.12. The first-order valence-corrected chi connectivity index (χ1v) is 9.03. The van der Waals surface area contributed by atoms with E-state index in [-0.39, 0.29) is 19.0 Å². The fraction of sp³-hybridized carbons (Fsp3) is 0.227. The minimum absolute atomic E-state index is 0.0109. The van der Waals surface area contributed by atoms with Crippen LogP contribution in [0.3, 0.4) is 0 Å². The molecule has 2 aromatic heterocycles. The Kier molecular flexibility index (Phi) is 4.69. The Balaban J connectivity index is 1.44. The van der Waals surface area contributed by atoms with Crippen LogP contribution in [-0.4, -0.2) is 11.0 Å². The number of carbonyl (C=O) groups is 1. The Bertz CT molecular complexity index is 1200. The van der Waals surface area contributed by atoms with Crippen molar-refractivity contribution in [3.05, 3.63) is 75.5 Å². The van der Waals surface area contributed by atoms with Gasteiger partial charge in [-0.05, 0) is 49.2 Å². The molecule has 0 saturated heterocycles. The molecule has 4 aromatic rings.